The molecule has 1 aromatic heterocycles. The van der Waals surface area contributed by atoms with E-state index in [1.807, 2.05) is 6.07 Å². The van der Waals surface area contributed by atoms with Crippen LogP contribution in [0, 0.1) is 5.41 Å². The Morgan fingerprint density at radius 2 is 2.13 bits per heavy atom. The summed E-state index contributed by atoms with van der Waals surface area (Å²) in [6.45, 7) is 10.0. The van der Waals surface area contributed by atoms with E-state index in [0.717, 1.165) is 6.54 Å². The molecule has 15 heavy (non-hydrogen) atoms. The van der Waals surface area contributed by atoms with Crippen molar-refractivity contribution in [3.8, 4) is 0 Å². The predicted octanol–water partition coefficient (Wildman–Crippen LogP) is 3.58. The lowest BCUT2D eigenvalue weighted by atomic mass is 9.89. The van der Waals surface area contributed by atoms with Crippen molar-refractivity contribution in [2.45, 2.75) is 53.1 Å². The summed E-state index contributed by atoms with van der Waals surface area (Å²) in [6.07, 6.45) is 5.99. The number of nitrogens with one attached hydrogen (secondary N) is 1. The molecule has 0 aliphatic heterocycles. The largest absolute Gasteiger partial charge is 0.472 e. The van der Waals surface area contributed by atoms with Crippen molar-refractivity contribution < 1.29 is 4.42 Å². The van der Waals surface area contributed by atoms with Crippen LogP contribution in [0.1, 0.15) is 46.1 Å². The van der Waals surface area contributed by atoms with Gasteiger partial charge in [-0.05, 0) is 31.2 Å². The molecule has 86 valence electrons. The van der Waals surface area contributed by atoms with Gasteiger partial charge >= 0.3 is 0 Å². The fourth-order valence-electron chi connectivity index (χ4n) is 1.44. The highest BCUT2D eigenvalue weighted by atomic mass is 16.3. The van der Waals surface area contributed by atoms with Crippen molar-refractivity contribution in [3.05, 3.63) is 24.2 Å². The summed E-state index contributed by atoms with van der Waals surface area (Å²) >= 11 is 0. The molecule has 0 spiro atoms. The highest BCUT2D eigenvalue weighted by Gasteiger charge is 2.12. The van der Waals surface area contributed by atoms with Crippen LogP contribution in [0.3, 0.4) is 0 Å². The average Bonchev–Trinajstić information content (AvgIpc) is 2.62. The Hall–Kier alpha value is -0.760. The lowest BCUT2D eigenvalue weighted by Gasteiger charge is -2.21. The zero-order valence-corrected chi connectivity index (χ0v) is 10.3. The standard InChI is InChI=1S/C13H23NO/c1-11(5-7-13(2,3)4)14-9-12-6-8-15-10-12/h6,8,10-11,14H,5,7,9H2,1-4H3. The van der Waals surface area contributed by atoms with E-state index in [2.05, 4.69) is 33.0 Å². The summed E-state index contributed by atoms with van der Waals surface area (Å²) in [6, 6.07) is 2.57. The third-order valence-corrected chi connectivity index (χ3v) is 2.56. The van der Waals surface area contributed by atoms with Crippen molar-refractivity contribution in [1.82, 2.24) is 5.32 Å². The van der Waals surface area contributed by atoms with Crippen molar-refractivity contribution in [2.24, 2.45) is 5.41 Å². The Balaban J connectivity index is 2.16. The van der Waals surface area contributed by atoms with Gasteiger partial charge in [0.25, 0.3) is 0 Å². The molecule has 2 heteroatoms. The average molecular weight is 209 g/mol. The third kappa shape index (κ3) is 5.63. The van der Waals surface area contributed by atoms with Gasteiger partial charge in [0, 0.05) is 18.2 Å². The first-order valence-corrected chi connectivity index (χ1v) is 5.72. The van der Waals surface area contributed by atoms with Crippen LogP contribution >= 0.6 is 0 Å². The van der Waals surface area contributed by atoms with Gasteiger partial charge in [-0.3, -0.25) is 0 Å². The zero-order chi connectivity index (χ0) is 11.3. The van der Waals surface area contributed by atoms with Crippen molar-refractivity contribution in [2.75, 3.05) is 0 Å². The maximum Gasteiger partial charge on any atom is 0.0947 e. The second kappa shape index (κ2) is 5.36. The van der Waals surface area contributed by atoms with Gasteiger partial charge in [-0.25, -0.2) is 0 Å². The van der Waals surface area contributed by atoms with E-state index in [4.69, 9.17) is 4.42 Å². The van der Waals surface area contributed by atoms with E-state index in [-0.39, 0.29) is 0 Å². The smallest absolute Gasteiger partial charge is 0.0947 e. The summed E-state index contributed by atoms with van der Waals surface area (Å²) in [4.78, 5) is 0. The summed E-state index contributed by atoms with van der Waals surface area (Å²) in [5, 5.41) is 3.50. The van der Waals surface area contributed by atoms with Gasteiger partial charge in [0.05, 0.1) is 12.5 Å². The van der Waals surface area contributed by atoms with Gasteiger partial charge in [-0.1, -0.05) is 20.8 Å². The van der Waals surface area contributed by atoms with E-state index in [1.54, 1.807) is 12.5 Å². The SMILES string of the molecule is CC(CCC(C)(C)C)NCc1ccoc1. The highest BCUT2D eigenvalue weighted by molar-refractivity contribution is 5.04. The minimum Gasteiger partial charge on any atom is -0.472 e. The molecule has 0 aliphatic carbocycles. The molecule has 0 saturated carbocycles. The van der Waals surface area contributed by atoms with Crippen LogP contribution in [0.5, 0.6) is 0 Å². The van der Waals surface area contributed by atoms with E-state index < -0.39 is 0 Å². The molecule has 2 nitrogen and oxygen atoms in total. The van der Waals surface area contributed by atoms with Gasteiger partial charge < -0.3 is 9.73 Å². The molecule has 0 saturated heterocycles. The summed E-state index contributed by atoms with van der Waals surface area (Å²) in [5.74, 6) is 0. The van der Waals surface area contributed by atoms with Crippen LogP contribution < -0.4 is 5.32 Å². The van der Waals surface area contributed by atoms with Gasteiger partial charge in [-0.2, -0.15) is 0 Å². The molecule has 0 aromatic carbocycles. The molecular formula is C13H23NO. The second-order valence-electron chi connectivity index (χ2n) is 5.51. The lowest BCUT2D eigenvalue weighted by Crippen LogP contribution is -2.26. The van der Waals surface area contributed by atoms with Gasteiger partial charge in [-0.15, -0.1) is 0 Å². The molecule has 0 fully saturated rings. The first-order valence-electron chi connectivity index (χ1n) is 5.72. The second-order valence-corrected chi connectivity index (χ2v) is 5.51. The lowest BCUT2D eigenvalue weighted by molar-refractivity contribution is 0.336. The Kier molecular flexibility index (Phi) is 4.40. The monoisotopic (exact) mass is 209 g/mol. The van der Waals surface area contributed by atoms with Crippen LogP contribution in [0.2, 0.25) is 0 Å². The Labute approximate surface area is 93.1 Å². The van der Waals surface area contributed by atoms with E-state index in [1.165, 1.54) is 18.4 Å². The van der Waals surface area contributed by atoms with Gasteiger partial charge in [0.1, 0.15) is 0 Å². The molecule has 0 bridgehead atoms. The van der Waals surface area contributed by atoms with E-state index in [9.17, 15) is 0 Å². The molecule has 0 radical (unpaired) electrons. The van der Waals surface area contributed by atoms with Crippen LogP contribution in [0.15, 0.2) is 23.0 Å². The molecule has 0 amide bonds. The van der Waals surface area contributed by atoms with Crippen molar-refractivity contribution >= 4 is 0 Å². The molecule has 1 aromatic rings. The Bertz CT molecular complexity index is 259. The predicted molar refractivity (Wildman–Crippen MR) is 63.7 cm³/mol. The van der Waals surface area contributed by atoms with Gasteiger partial charge in [0.15, 0.2) is 0 Å². The minimum absolute atomic E-state index is 0.436. The zero-order valence-electron chi connectivity index (χ0n) is 10.3. The summed E-state index contributed by atoms with van der Waals surface area (Å²) < 4.78 is 5.02. The Morgan fingerprint density at radius 3 is 2.67 bits per heavy atom. The molecule has 0 aliphatic rings. The number of hydrogen-bond donors (Lipinski definition) is 1. The first kappa shape index (κ1) is 12.3. The summed E-state index contributed by atoms with van der Waals surface area (Å²) in [5.41, 5.74) is 1.66. The maximum atomic E-state index is 5.02. The minimum atomic E-state index is 0.436. The van der Waals surface area contributed by atoms with E-state index in [0.29, 0.717) is 11.5 Å². The first-order chi connectivity index (χ1) is 6.97. The molecular weight excluding hydrogens is 186 g/mol. The van der Waals surface area contributed by atoms with Crippen LogP contribution in [0.4, 0.5) is 0 Å². The van der Waals surface area contributed by atoms with Crippen LogP contribution in [0.25, 0.3) is 0 Å². The third-order valence-electron chi connectivity index (χ3n) is 2.56. The fraction of sp³-hybridized carbons (Fsp3) is 0.692. The number of rotatable bonds is 5. The van der Waals surface area contributed by atoms with Gasteiger partial charge in [0.2, 0.25) is 0 Å². The van der Waals surface area contributed by atoms with Crippen LogP contribution in [-0.4, -0.2) is 6.04 Å². The molecule has 1 rings (SSSR count). The fourth-order valence-corrected chi connectivity index (χ4v) is 1.44. The molecule has 1 unspecified atom stereocenters. The number of furan rings is 1. The number of hydrogen-bond acceptors (Lipinski definition) is 2. The van der Waals surface area contributed by atoms with Crippen LogP contribution in [-0.2, 0) is 6.54 Å². The molecule has 1 heterocycles. The summed E-state index contributed by atoms with van der Waals surface area (Å²) in [7, 11) is 0. The normalized spacial score (nSPS) is 14.1. The van der Waals surface area contributed by atoms with E-state index >= 15 is 0 Å². The van der Waals surface area contributed by atoms with Crippen molar-refractivity contribution in [3.63, 3.8) is 0 Å². The van der Waals surface area contributed by atoms with Crippen molar-refractivity contribution in [1.29, 1.82) is 0 Å². The molecule has 1 N–H and O–H groups in total. The molecule has 1 atom stereocenters. The maximum absolute atomic E-state index is 5.02. The Morgan fingerprint density at radius 1 is 1.40 bits per heavy atom. The quantitative estimate of drug-likeness (QED) is 0.801. The topological polar surface area (TPSA) is 25.2 Å². The highest BCUT2D eigenvalue weighted by Crippen LogP contribution is 2.21.